The molecule has 2 heteroatoms. The molecule has 0 amide bonds. The molecule has 0 saturated heterocycles. The molecule has 0 heterocycles. The minimum absolute atomic E-state index is 0.148. The van der Waals surface area contributed by atoms with E-state index >= 15 is 0 Å². The maximum atomic E-state index is 9.44. The lowest BCUT2D eigenvalue weighted by Crippen LogP contribution is -2.42. The first kappa shape index (κ1) is 15.7. The first-order valence-corrected chi connectivity index (χ1v) is 7.73. The minimum atomic E-state index is 0.148. The Kier molecular flexibility index (Phi) is 5.97. The highest BCUT2D eigenvalue weighted by atomic mass is 16.3. The molecular formula is C19H25NO. The highest BCUT2D eigenvalue weighted by molar-refractivity contribution is 5.34. The van der Waals surface area contributed by atoms with Gasteiger partial charge in [-0.25, -0.2) is 0 Å². The quantitative estimate of drug-likeness (QED) is 0.814. The van der Waals surface area contributed by atoms with Crippen LogP contribution in [-0.4, -0.2) is 23.8 Å². The highest BCUT2D eigenvalue weighted by Crippen LogP contribution is 2.28. The van der Waals surface area contributed by atoms with Crippen LogP contribution in [0.4, 0.5) is 0 Å². The lowest BCUT2D eigenvalue weighted by Gasteiger charge is -2.29. The molecule has 2 atom stereocenters. The number of aliphatic hydroxyl groups excluding tert-OH is 1. The first-order chi connectivity index (χ1) is 10.3. The van der Waals surface area contributed by atoms with E-state index in [0.29, 0.717) is 0 Å². The number of rotatable bonds is 7. The van der Waals surface area contributed by atoms with Gasteiger partial charge >= 0.3 is 0 Å². The second-order valence-corrected chi connectivity index (χ2v) is 5.54. The third-order valence-corrected chi connectivity index (χ3v) is 4.03. The van der Waals surface area contributed by atoms with E-state index in [1.807, 2.05) is 12.1 Å². The van der Waals surface area contributed by atoms with Gasteiger partial charge < -0.3 is 10.4 Å². The van der Waals surface area contributed by atoms with Gasteiger partial charge in [0.25, 0.3) is 0 Å². The second-order valence-electron chi connectivity index (χ2n) is 5.54. The zero-order valence-corrected chi connectivity index (χ0v) is 12.9. The van der Waals surface area contributed by atoms with Crippen LogP contribution in [0.15, 0.2) is 60.7 Å². The van der Waals surface area contributed by atoms with E-state index in [2.05, 4.69) is 67.7 Å². The van der Waals surface area contributed by atoms with Gasteiger partial charge in [-0.1, -0.05) is 67.6 Å². The van der Waals surface area contributed by atoms with Crippen molar-refractivity contribution in [2.24, 2.45) is 0 Å². The van der Waals surface area contributed by atoms with Gasteiger partial charge in [0.15, 0.2) is 0 Å². The Bertz CT molecular complexity index is 468. The van der Waals surface area contributed by atoms with Gasteiger partial charge in [-0.05, 0) is 24.5 Å². The molecule has 2 aromatic rings. The van der Waals surface area contributed by atoms with Crippen LogP contribution in [0.5, 0.6) is 0 Å². The largest absolute Gasteiger partial charge is 0.395 e. The maximum absolute atomic E-state index is 9.44. The molecule has 0 bridgehead atoms. The van der Waals surface area contributed by atoms with Crippen LogP contribution >= 0.6 is 0 Å². The topological polar surface area (TPSA) is 32.3 Å². The van der Waals surface area contributed by atoms with E-state index in [0.717, 1.165) is 6.42 Å². The molecule has 21 heavy (non-hydrogen) atoms. The van der Waals surface area contributed by atoms with Crippen molar-refractivity contribution in [2.45, 2.75) is 38.3 Å². The molecule has 0 aliphatic carbocycles. The summed E-state index contributed by atoms with van der Waals surface area (Å²) < 4.78 is 0. The Labute approximate surface area is 127 Å². The summed E-state index contributed by atoms with van der Waals surface area (Å²) in [7, 11) is 0. The van der Waals surface area contributed by atoms with Crippen molar-refractivity contribution in [1.82, 2.24) is 5.32 Å². The average Bonchev–Trinajstić information content (AvgIpc) is 2.55. The van der Waals surface area contributed by atoms with E-state index in [1.165, 1.54) is 11.1 Å². The number of nitrogens with one attached hydrogen (secondary N) is 1. The lowest BCUT2D eigenvalue weighted by molar-refractivity contribution is 0.226. The molecule has 2 aromatic carbocycles. The number of hydrogen-bond donors (Lipinski definition) is 2. The molecule has 0 fully saturated rings. The molecule has 112 valence electrons. The Balaban J connectivity index is 2.28. The van der Waals surface area contributed by atoms with Gasteiger partial charge in [0.05, 0.1) is 6.61 Å². The molecule has 0 aromatic heterocycles. The molecule has 0 radical (unpaired) electrons. The van der Waals surface area contributed by atoms with Crippen molar-refractivity contribution in [3.8, 4) is 0 Å². The molecule has 0 aliphatic rings. The Morgan fingerprint density at radius 3 is 1.76 bits per heavy atom. The third-order valence-electron chi connectivity index (χ3n) is 4.03. The molecule has 2 rings (SSSR count). The van der Waals surface area contributed by atoms with Crippen molar-refractivity contribution in [1.29, 1.82) is 0 Å². The zero-order valence-electron chi connectivity index (χ0n) is 12.9. The Morgan fingerprint density at radius 2 is 1.38 bits per heavy atom. The smallest absolute Gasteiger partial charge is 0.0584 e. The monoisotopic (exact) mass is 283 g/mol. The summed E-state index contributed by atoms with van der Waals surface area (Å²) in [4.78, 5) is 0. The first-order valence-electron chi connectivity index (χ1n) is 7.73. The average molecular weight is 283 g/mol. The summed E-state index contributed by atoms with van der Waals surface area (Å²) in [6.07, 6.45) is 0.928. The minimum Gasteiger partial charge on any atom is -0.395 e. The van der Waals surface area contributed by atoms with Crippen molar-refractivity contribution in [2.75, 3.05) is 6.61 Å². The van der Waals surface area contributed by atoms with Gasteiger partial charge in [-0.3, -0.25) is 0 Å². The van der Waals surface area contributed by atoms with Crippen LogP contribution in [0.1, 0.15) is 37.3 Å². The summed E-state index contributed by atoms with van der Waals surface area (Å²) >= 11 is 0. The van der Waals surface area contributed by atoms with Crippen molar-refractivity contribution in [3.05, 3.63) is 71.8 Å². The Hall–Kier alpha value is -1.64. The van der Waals surface area contributed by atoms with Gasteiger partial charge in [-0.15, -0.1) is 0 Å². The molecule has 0 saturated carbocycles. The summed E-state index contributed by atoms with van der Waals surface area (Å²) in [6.45, 7) is 4.47. The van der Waals surface area contributed by atoms with Crippen LogP contribution in [0, 0.1) is 0 Å². The number of benzene rings is 2. The normalized spacial score (nSPS) is 14.1. The van der Waals surface area contributed by atoms with Crippen molar-refractivity contribution < 1.29 is 5.11 Å². The van der Waals surface area contributed by atoms with Crippen LogP contribution in [-0.2, 0) is 0 Å². The fraction of sp³-hybridized carbons (Fsp3) is 0.368. The molecule has 2 nitrogen and oxygen atoms in total. The standard InChI is InChI=1S/C19H25NO/c1-3-18(14-21)20-15(2)19(16-10-6-4-7-11-16)17-12-8-5-9-13-17/h4-13,15,18-21H,3,14H2,1-2H3/t15?,18-/m0/s1. The second kappa shape index (κ2) is 7.96. The molecule has 1 unspecified atom stereocenters. The van der Waals surface area contributed by atoms with E-state index in [4.69, 9.17) is 0 Å². The summed E-state index contributed by atoms with van der Waals surface area (Å²) in [6, 6.07) is 21.5. The molecule has 0 spiro atoms. The summed E-state index contributed by atoms with van der Waals surface area (Å²) in [5, 5.41) is 13.0. The predicted octanol–water partition coefficient (Wildman–Crippen LogP) is 3.57. The lowest BCUT2D eigenvalue weighted by atomic mass is 9.85. The summed E-state index contributed by atoms with van der Waals surface area (Å²) in [5.41, 5.74) is 2.60. The fourth-order valence-corrected chi connectivity index (χ4v) is 2.86. The number of hydrogen-bond acceptors (Lipinski definition) is 2. The van der Waals surface area contributed by atoms with Gasteiger partial charge in [-0.2, -0.15) is 0 Å². The van der Waals surface area contributed by atoms with Crippen LogP contribution < -0.4 is 5.32 Å². The Morgan fingerprint density at radius 1 is 0.905 bits per heavy atom. The highest BCUT2D eigenvalue weighted by Gasteiger charge is 2.22. The van der Waals surface area contributed by atoms with Gasteiger partial charge in [0.2, 0.25) is 0 Å². The van der Waals surface area contributed by atoms with Crippen molar-refractivity contribution >= 4 is 0 Å². The van der Waals surface area contributed by atoms with E-state index < -0.39 is 0 Å². The number of aliphatic hydroxyl groups is 1. The van der Waals surface area contributed by atoms with E-state index in [-0.39, 0.29) is 24.6 Å². The van der Waals surface area contributed by atoms with Gasteiger partial charge in [0.1, 0.15) is 0 Å². The van der Waals surface area contributed by atoms with E-state index in [1.54, 1.807) is 0 Å². The zero-order chi connectivity index (χ0) is 15.1. The van der Waals surface area contributed by atoms with Crippen LogP contribution in [0.3, 0.4) is 0 Å². The third kappa shape index (κ3) is 4.16. The van der Waals surface area contributed by atoms with Crippen LogP contribution in [0.25, 0.3) is 0 Å². The van der Waals surface area contributed by atoms with Crippen molar-refractivity contribution in [3.63, 3.8) is 0 Å². The SMILES string of the molecule is CC[C@@H](CO)NC(C)C(c1ccccc1)c1ccccc1. The molecule has 0 aliphatic heterocycles. The predicted molar refractivity (Wildman–Crippen MR) is 88.5 cm³/mol. The fourth-order valence-electron chi connectivity index (χ4n) is 2.86. The van der Waals surface area contributed by atoms with E-state index in [9.17, 15) is 5.11 Å². The molecule has 2 N–H and O–H groups in total. The van der Waals surface area contributed by atoms with Crippen LogP contribution in [0.2, 0.25) is 0 Å². The molecular weight excluding hydrogens is 258 g/mol. The maximum Gasteiger partial charge on any atom is 0.0584 e. The summed E-state index contributed by atoms with van der Waals surface area (Å²) in [5.74, 6) is 0.285. The van der Waals surface area contributed by atoms with Gasteiger partial charge in [0, 0.05) is 18.0 Å².